The third kappa shape index (κ3) is 5.31. The zero-order chi connectivity index (χ0) is 16.9. The normalized spacial score (nSPS) is 28.4. The molecule has 1 N–H and O–H groups in total. The second-order valence-electron chi connectivity index (χ2n) is 7.50. The molecule has 3 saturated heterocycles. The molecule has 3 aliphatic heterocycles. The van der Waals surface area contributed by atoms with Crippen molar-refractivity contribution < 1.29 is 14.3 Å². The minimum atomic E-state index is -0.244. The quantitative estimate of drug-likeness (QED) is 0.806. The van der Waals surface area contributed by atoms with Crippen LogP contribution in [0, 0.1) is 11.8 Å². The molecular formula is C18H32ClN3O3. The van der Waals surface area contributed by atoms with Crippen LogP contribution in [-0.4, -0.2) is 73.6 Å². The van der Waals surface area contributed by atoms with E-state index in [-0.39, 0.29) is 30.3 Å². The molecule has 0 aliphatic carbocycles. The van der Waals surface area contributed by atoms with Crippen molar-refractivity contribution in [2.24, 2.45) is 11.8 Å². The number of nitrogens with one attached hydrogen (secondary N) is 1. The maximum Gasteiger partial charge on any atom is 0.251 e. The summed E-state index contributed by atoms with van der Waals surface area (Å²) >= 11 is 0. The highest BCUT2D eigenvalue weighted by molar-refractivity contribution is 5.85. The highest BCUT2D eigenvalue weighted by Crippen LogP contribution is 2.23. The first-order valence-corrected chi connectivity index (χ1v) is 9.54. The molecule has 0 saturated carbocycles. The van der Waals surface area contributed by atoms with Crippen LogP contribution < -0.4 is 5.32 Å². The van der Waals surface area contributed by atoms with Gasteiger partial charge >= 0.3 is 0 Å². The molecule has 25 heavy (non-hydrogen) atoms. The Morgan fingerprint density at radius 1 is 1.12 bits per heavy atom. The van der Waals surface area contributed by atoms with Crippen molar-refractivity contribution in [3.63, 3.8) is 0 Å². The number of hydrogen-bond donors (Lipinski definition) is 1. The number of hydrogen-bond acceptors (Lipinski definition) is 4. The third-order valence-corrected chi connectivity index (χ3v) is 5.79. The van der Waals surface area contributed by atoms with Gasteiger partial charge in [0.25, 0.3) is 5.91 Å². The number of carbonyl (C=O) groups excluding carboxylic acids is 2. The SMILES string of the molecule is CC(CC(=O)N1CCN(C(=O)C2CCCO2)CC1)C1CCCNC1.Cl. The number of rotatable bonds is 4. The minimum absolute atomic E-state index is 0. The van der Waals surface area contributed by atoms with Gasteiger partial charge in [-0.1, -0.05) is 6.92 Å². The summed E-state index contributed by atoms with van der Waals surface area (Å²) in [4.78, 5) is 28.7. The number of piperidine rings is 1. The van der Waals surface area contributed by atoms with Gasteiger partial charge in [-0.3, -0.25) is 9.59 Å². The molecule has 3 atom stereocenters. The molecule has 2 amide bonds. The molecule has 3 fully saturated rings. The molecule has 6 nitrogen and oxygen atoms in total. The van der Waals surface area contributed by atoms with Gasteiger partial charge in [-0.05, 0) is 50.6 Å². The summed E-state index contributed by atoms with van der Waals surface area (Å²) in [6.07, 6.45) is 4.64. The summed E-state index contributed by atoms with van der Waals surface area (Å²) in [5.41, 5.74) is 0. The Morgan fingerprint density at radius 3 is 2.44 bits per heavy atom. The van der Waals surface area contributed by atoms with Crippen molar-refractivity contribution in [2.75, 3.05) is 45.9 Å². The van der Waals surface area contributed by atoms with E-state index in [1.165, 1.54) is 12.8 Å². The molecule has 7 heteroatoms. The number of halogens is 1. The van der Waals surface area contributed by atoms with Crippen molar-refractivity contribution in [2.45, 2.75) is 45.1 Å². The van der Waals surface area contributed by atoms with Crippen molar-refractivity contribution in [3.8, 4) is 0 Å². The summed E-state index contributed by atoms with van der Waals surface area (Å²) in [6, 6.07) is 0. The molecule has 144 valence electrons. The topological polar surface area (TPSA) is 61.9 Å². The Hall–Kier alpha value is -0.850. The predicted molar refractivity (Wildman–Crippen MR) is 98.8 cm³/mol. The van der Waals surface area contributed by atoms with Crippen LogP contribution in [0.1, 0.15) is 39.0 Å². The lowest BCUT2D eigenvalue weighted by molar-refractivity contribution is -0.146. The lowest BCUT2D eigenvalue weighted by Crippen LogP contribution is -2.53. The average Bonchev–Trinajstić information content (AvgIpc) is 3.16. The predicted octanol–water partition coefficient (Wildman–Crippen LogP) is 1.28. The van der Waals surface area contributed by atoms with Crippen LogP contribution in [0.3, 0.4) is 0 Å². The third-order valence-electron chi connectivity index (χ3n) is 5.79. The van der Waals surface area contributed by atoms with Gasteiger partial charge in [0.15, 0.2) is 0 Å². The molecule has 0 bridgehead atoms. The van der Waals surface area contributed by atoms with Gasteiger partial charge in [-0.2, -0.15) is 0 Å². The fraction of sp³-hybridized carbons (Fsp3) is 0.889. The Kier molecular flexibility index (Phi) is 7.97. The van der Waals surface area contributed by atoms with E-state index in [9.17, 15) is 9.59 Å². The van der Waals surface area contributed by atoms with Crippen LogP contribution in [0.25, 0.3) is 0 Å². The van der Waals surface area contributed by atoms with Crippen LogP contribution in [0.4, 0.5) is 0 Å². The highest BCUT2D eigenvalue weighted by Gasteiger charge is 2.32. The second kappa shape index (κ2) is 9.74. The summed E-state index contributed by atoms with van der Waals surface area (Å²) in [5, 5.41) is 3.43. The molecule has 3 unspecified atom stereocenters. The van der Waals surface area contributed by atoms with Gasteiger partial charge in [-0.15, -0.1) is 12.4 Å². The van der Waals surface area contributed by atoms with Gasteiger partial charge < -0.3 is 19.9 Å². The van der Waals surface area contributed by atoms with Crippen LogP contribution >= 0.6 is 12.4 Å². The molecule has 3 rings (SSSR count). The standard InChI is InChI=1S/C18H31N3O3.ClH/c1-14(15-4-2-6-19-13-15)12-17(22)20-7-9-21(10-8-20)18(23)16-5-3-11-24-16;/h14-16,19H,2-13H2,1H3;1H. The van der Waals surface area contributed by atoms with Crippen LogP contribution in [0.15, 0.2) is 0 Å². The summed E-state index contributed by atoms with van der Waals surface area (Å²) in [7, 11) is 0. The summed E-state index contributed by atoms with van der Waals surface area (Å²) < 4.78 is 5.48. The van der Waals surface area contributed by atoms with Gasteiger partial charge in [-0.25, -0.2) is 0 Å². The number of ether oxygens (including phenoxy) is 1. The van der Waals surface area contributed by atoms with Crippen LogP contribution in [0.5, 0.6) is 0 Å². The molecule has 3 aliphatic rings. The number of piperazine rings is 1. The molecule has 0 spiro atoms. The maximum atomic E-state index is 12.6. The lowest BCUT2D eigenvalue weighted by Gasteiger charge is -2.37. The van der Waals surface area contributed by atoms with Crippen LogP contribution in [0.2, 0.25) is 0 Å². The fourth-order valence-electron chi connectivity index (χ4n) is 4.09. The van der Waals surface area contributed by atoms with Gasteiger partial charge in [0.1, 0.15) is 6.10 Å². The molecule has 3 heterocycles. The average molecular weight is 374 g/mol. The first-order chi connectivity index (χ1) is 11.6. The van der Waals surface area contributed by atoms with E-state index in [0.717, 1.165) is 25.9 Å². The number of amides is 2. The van der Waals surface area contributed by atoms with E-state index in [2.05, 4.69) is 12.2 Å². The second-order valence-corrected chi connectivity index (χ2v) is 7.50. The van der Waals surface area contributed by atoms with E-state index in [1.54, 1.807) is 0 Å². The smallest absolute Gasteiger partial charge is 0.251 e. The number of nitrogens with zero attached hydrogens (tertiary/aromatic N) is 2. The van der Waals surface area contributed by atoms with Crippen molar-refractivity contribution in [1.29, 1.82) is 0 Å². The Morgan fingerprint density at radius 2 is 1.84 bits per heavy atom. The maximum absolute atomic E-state index is 12.6. The molecule has 0 radical (unpaired) electrons. The minimum Gasteiger partial charge on any atom is -0.368 e. The summed E-state index contributed by atoms with van der Waals surface area (Å²) in [5.74, 6) is 1.40. The molecule has 0 aromatic heterocycles. The monoisotopic (exact) mass is 373 g/mol. The zero-order valence-corrected chi connectivity index (χ0v) is 16.1. The van der Waals surface area contributed by atoms with E-state index in [4.69, 9.17) is 4.74 Å². The Labute approximate surface area is 157 Å². The molecule has 0 aromatic carbocycles. The zero-order valence-electron chi connectivity index (χ0n) is 15.2. The van der Waals surface area contributed by atoms with E-state index in [1.807, 2.05) is 9.80 Å². The summed E-state index contributed by atoms with van der Waals surface area (Å²) in [6.45, 7) is 7.65. The first kappa shape index (κ1) is 20.5. The largest absolute Gasteiger partial charge is 0.368 e. The van der Waals surface area contributed by atoms with Crippen molar-refractivity contribution in [1.82, 2.24) is 15.1 Å². The Balaban J connectivity index is 0.00000225. The van der Waals surface area contributed by atoms with E-state index < -0.39 is 0 Å². The van der Waals surface area contributed by atoms with Gasteiger partial charge in [0.05, 0.1) is 0 Å². The van der Waals surface area contributed by atoms with E-state index in [0.29, 0.717) is 51.0 Å². The lowest BCUT2D eigenvalue weighted by atomic mass is 9.85. The number of carbonyl (C=O) groups is 2. The van der Waals surface area contributed by atoms with Gasteiger partial charge in [0, 0.05) is 39.2 Å². The van der Waals surface area contributed by atoms with Crippen molar-refractivity contribution in [3.05, 3.63) is 0 Å². The molecule has 0 aromatic rings. The first-order valence-electron chi connectivity index (χ1n) is 9.54. The van der Waals surface area contributed by atoms with Crippen LogP contribution in [-0.2, 0) is 14.3 Å². The Bertz CT molecular complexity index is 443. The fourth-order valence-corrected chi connectivity index (χ4v) is 4.09. The van der Waals surface area contributed by atoms with E-state index >= 15 is 0 Å². The highest BCUT2D eigenvalue weighted by atomic mass is 35.5. The van der Waals surface area contributed by atoms with Gasteiger partial charge in [0.2, 0.25) is 5.91 Å². The van der Waals surface area contributed by atoms with Crippen molar-refractivity contribution >= 4 is 24.2 Å². The molecular weight excluding hydrogens is 342 g/mol.